The van der Waals surface area contributed by atoms with Crippen LogP contribution in [0.3, 0.4) is 0 Å². The van der Waals surface area contributed by atoms with Crippen molar-refractivity contribution in [2.24, 2.45) is 0 Å². The molecule has 0 saturated heterocycles. The molecule has 0 radical (unpaired) electrons. The van der Waals surface area contributed by atoms with Gasteiger partial charge in [0.2, 0.25) is 5.92 Å². The van der Waals surface area contributed by atoms with Crippen molar-refractivity contribution in [3.05, 3.63) is 71.6 Å². The Morgan fingerprint density at radius 2 is 1.76 bits per heavy atom. The van der Waals surface area contributed by atoms with Crippen molar-refractivity contribution in [2.75, 3.05) is 5.32 Å². The molecule has 0 unspecified atom stereocenters. The molecule has 0 atom stereocenters. The standard InChI is InChI=1S/C25H24F4N4O/c1-14(2)20-12-32-21(13-31-20)24(34)33-23-17(18-11-16(26)3-4-19(18)27)7-10-30-22(23)15-5-8-25(28,29)9-6-15/h3-4,7,10-15H,5-6,8-9H2,1-2H3,(H,33,34). The maximum absolute atomic E-state index is 14.7. The van der Waals surface area contributed by atoms with E-state index in [1.807, 2.05) is 13.8 Å². The molecule has 0 bridgehead atoms. The number of carbonyl (C=O) groups is 1. The summed E-state index contributed by atoms with van der Waals surface area (Å²) in [4.78, 5) is 25.8. The fourth-order valence-corrected chi connectivity index (χ4v) is 4.09. The average molecular weight is 472 g/mol. The highest BCUT2D eigenvalue weighted by Gasteiger charge is 2.37. The van der Waals surface area contributed by atoms with Crippen molar-refractivity contribution in [3.8, 4) is 11.1 Å². The maximum atomic E-state index is 14.7. The van der Waals surface area contributed by atoms with Gasteiger partial charge in [-0.1, -0.05) is 13.8 Å². The zero-order valence-electron chi connectivity index (χ0n) is 18.8. The summed E-state index contributed by atoms with van der Waals surface area (Å²) in [6, 6.07) is 4.47. The second kappa shape index (κ2) is 9.48. The fourth-order valence-electron chi connectivity index (χ4n) is 4.09. The number of anilines is 1. The molecule has 1 fully saturated rings. The molecule has 1 aliphatic rings. The van der Waals surface area contributed by atoms with Crippen molar-refractivity contribution >= 4 is 11.6 Å². The topological polar surface area (TPSA) is 67.8 Å². The van der Waals surface area contributed by atoms with E-state index in [9.17, 15) is 22.4 Å². The number of nitrogens with one attached hydrogen (secondary N) is 1. The van der Waals surface area contributed by atoms with Gasteiger partial charge < -0.3 is 5.32 Å². The van der Waals surface area contributed by atoms with Crippen LogP contribution in [0.2, 0.25) is 0 Å². The van der Waals surface area contributed by atoms with E-state index >= 15 is 0 Å². The molecule has 1 N–H and O–H groups in total. The molecule has 5 nitrogen and oxygen atoms in total. The molecule has 2 heterocycles. The molecule has 2 aromatic heterocycles. The monoisotopic (exact) mass is 472 g/mol. The number of pyridine rings is 1. The van der Waals surface area contributed by atoms with Gasteiger partial charge in [0.05, 0.1) is 23.3 Å². The van der Waals surface area contributed by atoms with Crippen molar-refractivity contribution in [3.63, 3.8) is 0 Å². The quantitative estimate of drug-likeness (QED) is 0.431. The van der Waals surface area contributed by atoms with E-state index in [0.29, 0.717) is 11.4 Å². The highest BCUT2D eigenvalue weighted by Crippen LogP contribution is 2.44. The summed E-state index contributed by atoms with van der Waals surface area (Å²) in [5.41, 5.74) is 1.39. The molecule has 1 saturated carbocycles. The van der Waals surface area contributed by atoms with Crippen molar-refractivity contribution in [2.45, 2.75) is 57.3 Å². The van der Waals surface area contributed by atoms with E-state index in [4.69, 9.17) is 0 Å². The highest BCUT2D eigenvalue weighted by molar-refractivity contribution is 6.05. The van der Waals surface area contributed by atoms with Gasteiger partial charge in [0.15, 0.2) is 0 Å². The molecule has 178 valence electrons. The van der Waals surface area contributed by atoms with Gasteiger partial charge in [-0.2, -0.15) is 0 Å². The molecule has 1 aromatic carbocycles. The van der Waals surface area contributed by atoms with Gasteiger partial charge in [0.1, 0.15) is 17.3 Å². The van der Waals surface area contributed by atoms with Gasteiger partial charge in [-0.05, 0) is 43.0 Å². The van der Waals surface area contributed by atoms with Crippen LogP contribution in [0, 0.1) is 11.6 Å². The molecule has 1 amide bonds. The van der Waals surface area contributed by atoms with E-state index in [1.54, 1.807) is 0 Å². The van der Waals surface area contributed by atoms with Gasteiger partial charge in [-0.15, -0.1) is 0 Å². The third kappa shape index (κ3) is 5.08. The smallest absolute Gasteiger partial charge is 0.275 e. The normalized spacial score (nSPS) is 16.0. The first-order chi connectivity index (χ1) is 16.1. The fraction of sp³-hybridized carbons (Fsp3) is 0.360. The summed E-state index contributed by atoms with van der Waals surface area (Å²) in [7, 11) is 0. The minimum atomic E-state index is -2.75. The summed E-state index contributed by atoms with van der Waals surface area (Å²) < 4.78 is 56.2. The zero-order chi connectivity index (χ0) is 24.5. The second-order valence-electron chi connectivity index (χ2n) is 8.81. The van der Waals surface area contributed by atoms with Crippen LogP contribution in [0.5, 0.6) is 0 Å². The molecule has 0 aliphatic heterocycles. The largest absolute Gasteiger partial charge is 0.318 e. The summed E-state index contributed by atoms with van der Waals surface area (Å²) in [6.45, 7) is 3.89. The van der Waals surface area contributed by atoms with Crippen LogP contribution >= 0.6 is 0 Å². The Hall–Kier alpha value is -3.36. The van der Waals surface area contributed by atoms with Crippen molar-refractivity contribution in [1.82, 2.24) is 15.0 Å². The number of hydrogen-bond acceptors (Lipinski definition) is 4. The Kier molecular flexibility index (Phi) is 6.63. The third-order valence-corrected chi connectivity index (χ3v) is 6.04. The number of benzene rings is 1. The summed E-state index contributed by atoms with van der Waals surface area (Å²) >= 11 is 0. The Morgan fingerprint density at radius 1 is 1.03 bits per heavy atom. The van der Waals surface area contributed by atoms with Crippen LogP contribution in [-0.4, -0.2) is 26.8 Å². The van der Waals surface area contributed by atoms with E-state index in [-0.39, 0.29) is 60.0 Å². The average Bonchev–Trinajstić information content (AvgIpc) is 2.81. The molecule has 34 heavy (non-hydrogen) atoms. The van der Waals surface area contributed by atoms with Crippen molar-refractivity contribution < 1.29 is 22.4 Å². The molecular weight excluding hydrogens is 448 g/mol. The first-order valence-electron chi connectivity index (χ1n) is 11.1. The number of carbonyl (C=O) groups excluding carboxylic acids is 1. The molecule has 4 rings (SSSR count). The number of rotatable bonds is 5. The maximum Gasteiger partial charge on any atom is 0.275 e. The summed E-state index contributed by atoms with van der Waals surface area (Å²) in [5.74, 6) is -4.96. The number of nitrogens with zero attached hydrogens (tertiary/aromatic N) is 3. The number of alkyl halides is 2. The summed E-state index contributed by atoms with van der Waals surface area (Å²) in [6.07, 6.45) is 3.93. The van der Waals surface area contributed by atoms with Crippen molar-refractivity contribution in [1.29, 1.82) is 0 Å². The Labute approximate surface area is 194 Å². The van der Waals surface area contributed by atoms with E-state index in [0.717, 1.165) is 18.2 Å². The van der Waals surface area contributed by atoms with Crippen LogP contribution in [0.1, 0.15) is 73.2 Å². The van der Waals surface area contributed by atoms with Crippen LogP contribution in [-0.2, 0) is 0 Å². The molecule has 0 spiro atoms. The minimum Gasteiger partial charge on any atom is -0.318 e. The second-order valence-corrected chi connectivity index (χ2v) is 8.81. The van der Waals surface area contributed by atoms with Gasteiger partial charge in [-0.3, -0.25) is 14.8 Å². The van der Waals surface area contributed by atoms with Crippen LogP contribution in [0.4, 0.5) is 23.2 Å². The third-order valence-electron chi connectivity index (χ3n) is 6.04. The molecular formula is C25H24F4N4O. The number of halogens is 4. The predicted molar refractivity (Wildman–Crippen MR) is 120 cm³/mol. The van der Waals surface area contributed by atoms with E-state index in [1.165, 1.54) is 24.7 Å². The number of hydrogen-bond donors (Lipinski definition) is 1. The van der Waals surface area contributed by atoms with Gasteiger partial charge >= 0.3 is 0 Å². The molecule has 9 heteroatoms. The van der Waals surface area contributed by atoms with E-state index < -0.39 is 23.5 Å². The SMILES string of the molecule is CC(C)c1cnc(C(=O)Nc2c(-c3cc(F)ccc3F)ccnc2C2CCC(F)(F)CC2)cn1. The Morgan fingerprint density at radius 3 is 2.41 bits per heavy atom. The minimum absolute atomic E-state index is 0.0278. The lowest BCUT2D eigenvalue weighted by atomic mass is 9.83. The van der Waals surface area contributed by atoms with Gasteiger partial charge in [0, 0.05) is 42.3 Å². The number of aromatic nitrogens is 3. The first-order valence-corrected chi connectivity index (χ1v) is 11.1. The zero-order valence-corrected chi connectivity index (χ0v) is 18.8. The lowest BCUT2D eigenvalue weighted by Gasteiger charge is -2.29. The molecule has 1 aliphatic carbocycles. The van der Waals surface area contributed by atoms with Crippen LogP contribution < -0.4 is 5.32 Å². The highest BCUT2D eigenvalue weighted by atomic mass is 19.3. The number of amides is 1. The lowest BCUT2D eigenvalue weighted by Crippen LogP contribution is -2.25. The lowest BCUT2D eigenvalue weighted by molar-refractivity contribution is -0.0384. The van der Waals surface area contributed by atoms with Crippen LogP contribution in [0.25, 0.3) is 11.1 Å². The molecule has 3 aromatic rings. The first kappa shape index (κ1) is 23.8. The summed E-state index contributed by atoms with van der Waals surface area (Å²) in [5, 5.41) is 2.73. The Bertz CT molecular complexity index is 1190. The van der Waals surface area contributed by atoms with Gasteiger partial charge in [-0.25, -0.2) is 22.5 Å². The predicted octanol–water partition coefficient (Wildman–Crippen LogP) is 6.49. The van der Waals surface area contributed by atoms with Crippen LogP contribution in [0.15, 0.2) is 42.9 Å². The van der Waals surface area contributed by atoms with E-state index in [2.05, 4.69) is 20.3 Å². The Balaban J connectivity index is 1.76. The van der Waals surface area contributed by atoms with Gasteiger partial charge in [0.25, 0.3) is 5.91 Å².